The molecule has 7 heteroatoms. The number of rotatable bonds is 2. The first-order chi connectivity index (χ1) is 9.20. The predicted octanol–water partition coefficient (Wildman–Crippen LogP) is 1.20. The van der Waals surface area contributed by atoms with Crippen molar-refractivity contribution >= 4 is 15.9 Å². The molecule has 1 aliphatic rings. The van der Waals surface area contributed by atoms with Crippen LogP contribution in [0.15, 0.2) is 23.1 Å². The normalized spacial score (nSPS) is 23.1. The molecule has 1 aromatic carbocycles. The number of nitrogens with two attached hydrogens (primary N) is 1. The minimum atomic E-state index is -3.97. The molecule has 0 spiro atoms. The van der Waals surface area contributed by atoms with Crippen molar-refractivity contribution in [2.75, 3.05) is 13.1 Å². The number of carbonyl (C=O) groups excluding carboxylic acids is 1. The second-order valence-corrected chi connectivity index (χ2v) is 6.91. The molecule has 0 aliphatic carbocycles. The summed E-state index contributed by atoms with van der Waals surface area (Å²) in [4.78, 5) is 13.5. The van der Waals surface area contributed by atoms with E-state index >= 15 is 0 Å². The fraction of sp³-hybridized carbons (Fsp3) is 0.462. The van der Waals surface area contributed by atoms with E-state index in [1.807, 2.05) is 13.8 Å². The van der Waals surface area contributed by atoms with Crippen LogP contribution >= 0.6 is 0 Å². The van der Waals surface area contributed by atoms with Crippen molar-refractivity contribution in [3.05, 3.63) is 29.6 Å². The Balaban J connectivity index is 2.28. The SMILES string of the molecule is CC1CN(C(=O)c2ccc(S(N)(=O)=O)cc2F)CC1C. The van der Waals surface area contributed by atoms with Crippen molar-refractivity contribution in [1.82, 2.24) is 4.90 Å². The zero-order valence-corrected chi connectivity index (χ0v) is 12.2. The number of amides is 1. The number of hydrogen-bond donors (Lipinski definition) is 1. The van der Waals surface area contributed by atoms with Gasteiger partial charge in [-0.2, -0.15) is 0 Å². The second-order valence-electron chi connectivity index (χ2n) is 5.35. The summed E-state index contributed by atoms with van der Waals surface area (Å²) in [5, 5.41) is 4.92. The second kappa shape index (κ2) is 5.14. The lowest BCUT2D eigenvalue weighted by Crippen LogP contribution is -2.29. The van der Waals surface area contributed by atoms with Crippen LogP contribution in [0.1, 0.15) is 24.2 Å². The Hall–Kier alpha value is -1.47. The van der Waals surface area contributed by atoms with E-state index in [2.05, 4.69) is 0 Å². The molecule has 1 heterocycles. The summed E-state index contributed by atoms with van der Waals surface area (Å²) in [5.74, 6) is -0.551. The van der Waals surface area contributed by atoms with Crippen LogP contribution in [0.3, 0.4) is 0 Å². The Kier molecular flexibility index (Phi) is 3.84. The van der Waals surface area contributed by atoms with E-state index in [9.17, 15) is 17.6 Å². The first-order valence-corrected chi connectivity index (χ1v) is 7.86. The van der Waals surface area contributed by atoms with Gasteiger partial charge in [0, 0.05) is 13.1 Å². The van der Waals surface area contributed by atoms with Crippen molar-refractivity contribution in [2.45, 2.75) is 18.7 Å². The highest BCUT2D eigenvalue weighted by atomic mass is 32.2. The average Bonchev–Trinajstić information content (AvgIpc) is 2.67. The third-order valence-electron chi connectivity index (χ3n) is 3.77. The molecule has 5 nitrogen and oxygen atoms in total. The highest BCUT2D eigenvalue weighted by Crippen LogP contribution is 2.25. The monoisotopic (exact) mass is 300 g/mol. The summed E-state index contributed by atoms with van der Waals surface area (Å²) in [5.41, 5.74) is -0.126. The van der Waals surface area contributed by atoms with E-state index in [1.54, 1.807) is 4.90 Å². The summed E-state index contributed by atoms with van der Waals surface area (Å²) < 4.78 is 36.2. The van der Waals surface area contributed by atoms with E-state index in [4.69, 9.17) is 5.14 Å². The molecule has 0 bridgehead atoms. The Morgan fingerprint density at radius 3 is 2.30 bits per heavy atom. The topological polar surface area (TPSA) is 80.5 Å². The van der Waals surface area contributed by atoms with E-state index in [-0.39, 0.29) is 10.5 Å². The first-order valence-electron chi connectivity index (χ1n) is 6.31. The van der Waals surface area contributed by atoms with Crippen molar-refractivity contribution < 1.29 is 17.6 Å². The van der Waals surface area contributed by atoms with Crippen LogP contribution < -0.4 is 5.14 Å². The lowest BCUT2D eigenvalue weighted by atomic mass is 10.0. The molecule has 2 N–H and O–H groups in total. The number of benzene rings is 1. The molecule has 20 heavy (non-hydrogen) atoms. The summed E-state index contributed by atoms with van der Waals surface area (Å²) in [7, 11) is -3.97. The van der Waals surface area contributed by atoms with Crippen LogP contribution in [-0.2, 0) is 10.0 Å². The molecule has 2 rings (SSSR count). The molecular weight excluding hydrogens is 283 g/mol. The van der Waals surface area contributed by atoms with Gasteiger partial charge in [0.1, 0.15) is 5.82 Å². The Morgan fingerprint density at radius 2 is 1.85 bits per heavy atom. The Morgan fingerprint density at radius 1 is 1.30 bits per heavy atom. The molecule has 0 saturated carbocycles. The minimum Gasteiger partial charge on any atom is -0.338 e. The van der Waals surface area contributed by atoms with Crippen LogP contribution in [-0.4, -0.2) is 32.3 Å². The fourth-order valence-electron chi connectivity index (χ4n) is 2.31. The zero-order valence-electron chi connectivity index (χ0n) is 11.3. The number of primary sulfonamides is 1. The van der Waals surface area contributed by atoms with Gasteiger partial charge >= 0.3 is 0 Å². The van der Waals surface area contributed by atoms with Crippen LogP contribution in [0, 0.1) is 17.7 Å². The lowest BCUT2D eigenvalue weighted by Gasteiger charge is -2.16. The van der Waals surface area contributed by atoms with Crippen molar-refractivity contribution in [3.8, 4) is 0 Å². The smallest absolute Gasteiger partial charge is 0.256 e. The van der Waals surface area contributed by atoms with Gasteiger partial charge in [0.25, 0.3) is 5.91 Å². The van der Waals surface area contributed by atoms with Crippen LogP contribution in [0.2, 0.25) is 0 Å². The molecule has 1 amide bonds. The number of likely N-dealkylation sites (tertiary alicyclic amines) is 1. The van der Waals surface area contributed by atoms with Crippen LogP contribution in [0.5, 0.6) is 0 Å². The van der Waals surface area contributed by atoms with Gasteiger partial charge in [-0.3, -0.25) is 4.79 Å². The largest absolute Gasteiger partial charge is 0.338 e. The van der Waals surface area contributed by atoms with Gasteiger partial charge in [0.2, 0.25) is 10.0 Å². The summed E-state index contributed by atoms with van der Waals surface area (Å²) in [6.45, 7) is 5.24. The molecule has 0 aromatic heterocycles. The predicted molar refractivity (Wildman–Crippen MR) is 72.0 cm³/mol. The number of hydrogen-bond acceptors (Lipinski definition) is 3. The highest BCUT2D eigenvalue weighted by molar-refractivity contribution is 7.89. The molecule has 1 saturated heterocycles. The molecule has 1 aliphatic heterocycles. The molecular formula is C13H17FN2O3S. The quantitative estimate of drug-likeness (QED) is 0.891. The van der Waals surface area contributed by atoms with E-state index in [0.717, 1.165) is 12.1 Å². The molecule has 1 aromatic rings. The maximum Gasteiger partial charge on any atom is 0.256 e. The number of halogens is 1. The number of nitrogens with zero attached hydrogens (tertiary/aromatic N) is 1. The molecule has 0 radical (unpaired) electrons. The Labute approximate surface area is 117 Å². The average molecular weight is 300 g/mol. The van der Waals surface area contributed by atoms with E-state index in [1.165, 1.54) is 6.07 Å². The zero-order chi connectivity index (χ0) is 15.1. The van der Waals surface area contributed by atoms with Gasteiger partial charge < -0.3 is 4.90 Å². The molecule has 2 atom stereocenters. The summed E-state index contributed by atoms with van der Waals surface area (Å²) >= 11 is 0. The molecule has 1 fully saturated rings. The van der Waals surface area contributed by atoms with Crippen LogP contribution in [0.4, 0.5) is 4.39 Å². The lowest BCUT2D eigenvalue weighted by molar-refractivity contribution is 0.0780. The summed E-state index contributed by atoms with van der Waals surface area (Å²) in [6.07, 6.45) is 0. The molecule has 110 valence electrons. The first kappa shape index (κ1) is 14.9. The van der Waals surface area contributed by atoms with Gasteiger partial charge in [-0.15, -0.1) is 0 Å². The van der Waals surface area contributed by atoms with Gasteiger partial charge in [0.05, 0.1) is 10.5 Å². The van der Waals surface area contributed by atoms with Gasteiger partial charge in [-0.05, 0) is 30.0 Å². The maximum absolute atomic E-state index is 13.9. The number of sulfonamides is 1. The minimum absolute atomic E-state index is 0.126. The standard InChI is InChI=1S/C13H17FN2O3S/c1-8-6-16(7-9(8)2)13(17)11-4-3-10(5-12(11)14)20(15,18)19/h3-5,8-9H,6-7H2,1-2H3,(H2,15,18,19). The third kappa shape index (κ3) is 2.83. The summed E-state index contributed by atoms with van der Waals surface area (Å²) in [6, 6.07) is 3.10. The van der Waals surface area contributed by atoms with Gasteiger partial charge in [0.15, 0.2) is 0 Å². The van der Waals surface area contributed by atoms with E-state index in [0.29, 0.717) is 24.9 Å². The molecule has 2 unspecified atom stereocenters. The van der Waals surface area contributed by atoms with Crippen LogP contribution in [0.25, 0.3) is 0 Å². The van der Waals surface area contributed by atoms with Gasteiger partial charge in [-0.25, -0.2) is 17.9 Å². The number of carbonyl (C=O) groups is 1. The van der Waals surface area contributed by atoms with E-state index < -0.39 is 21.7 Å². The highest BCUT2D eigenvalue weighted by Gasteiger charge is 2.31. The van der Waals surface area contributed by atoms with Crippen molar-refractivity contribution in [1.29, 1.82) is 0 Å². The Bertz CT molecular complexity index is 635. The van der Waals surface area contributed by atoms with Gasteiger partial charge in [-0.1, -0.05) is 13.8 Å². The maximum atomic E-state index is 13.9. The van der Waals surface area contributed by atoms with Crippen molar-refractivity contribution in [3.63, 3.8) is 0 Å². The third-order valence-corrected chi connectivity index (χ3v) is 4.69. The van der Waals surface area contributed by atoms with Crippen molar-refractivity contribution in [2.24, 2.45) is 17.0 Å². The fourth-order valence-corrected chi connectivity index (χ4v) is 2.84.